The maximum atomic E-state index is 11.4. The minimum absolute atomic E-state index is 0.310. The standard InChI is InChI=1S/C11H16N2O2S/c1-11(10(14)15,9-12-6-7-16-9)13-8-4-2-3-5-8/h6-8,13H,2-5H2,1H3,(H,14,15). The minimum Gasteiger partial charge on any atom is -0.480 e. The first-order valence-corrected chi connectivity index (χ1v) is 6.42. The summed E-state index contributed by atoms with van der Waals surface area (Å²) in [6, 6.07) is 0.310. The molecule has 0 aliphatic heterocycles. The monoisotopic (exact) mass is 240 g/mol. The highest BCUT2D eigenvalue weighted by atomic mass is 32.1. The summed E-state index contributed by atoms with van der Waals surface area (Å²) < 4.78 is 0. The average molecular weight is 240 g/mol. The summed E-state index contributed by atoms with van der Waals surface area (Å²) in [5.41, 5.74) is -1.04. The molecular weight excluding hydrogens is 224 g/mol. The Morgan fingerprint density at radius 1 is 1.62 bits per heavy atom. The molecule has 4 nitrogen and oxygen atoms in total. The molecule has 1 fully saturated rings. The van der Waals surface area contributed by atoms with Gasteiger partial charge in [-0.15, -0.1) is 11.3 Å². The van der Waals surface area contributed by atoms with E-state index >= 15 is 0 Å². The van der Waals surface area contributed by atoms with Crippen LogP contribution in [-0.4, -0.2) is 22.1 Å². The number of carboxylic acids is 1. The fourth-order valence-electron chi connectivity index (χ4n) is 2.16. The number of thiazole rings is 1. The quantitative estimate of drug-likeness (QED) is 0.844. The lowest BCUT2D eigenvalue weighted by atomic mass is 10.0. The predicted octanol–water partition coefficient (Wildman–Crippen LogP) is 1.98. The number of aromatic nitrogens is 1. The van der Waals surface area contributed by atoms with Gasteiger partial charge in [0.25, 0.3) is 0 Å². The molecule has 0 saturated heterocycles. The molecule has 1 saturated carbocycles. The average Bonchev–Trinajstić information content (AvgIpc) is 2.88. The third-order valence-corrected chi connectivity index (χ3v) is 4.13. The predicted molar refractivity (Wildman–Crippen MR) is 62.5 cm³/mol. The van der Waals surface area contributed by atoms with Crippen molar-refractivity contribution in [2.75, 3.05) is 0 Å². The van der Waals surface area contributed by atoms with Crippen molar-refractivity contribution < 1.29 is 9.90 Å². The van der Waals surface area contributed by atoms with E-state index in [4.69, 9.17) is 0 Å². The fraction of sp³-hybridized carbons (Fsp3) is 0.636. The second kappa shape index (κ2) is 4.51. The first-order chi connectivity index (χ1) is 7.63. The van der Waals surface area contributed by atoms with Gasteiger partial charge >= 0.3 is 5.97 Å². The summed E-state index contributed by atoms with van der Waals surface area (Å²) in [5, 5.41) is 15.1. The van der Waals surface area contributed by atoms with E-state index in [1.165, 1.54) is 24.2 Å². The number of carbonyl (C=O) groups is 1. The molecule has 1 aromatic heterocycles. The summed E-state index contributed by atoms with van der Waals surface area (Å²) in [5.74, 6) is -0.852. The Morgan fingerprint density at radius 3 is 2.81 bits per heavy atom. The van der Waals surface area contributed by atoms with E-state index in [0.717, 1.165) is 12.8 Å². The number of rotatable bonds is 4. The van der Waals surface area contributed by atoms with Gasteiger partial charge in [0.2, 0.25) is 0 Å². The van der Waals surface area contributed by atoms with Gasteiger partial charge in [0.15, 0.2) is 5.54 Å². The second-order valence-electron chi connectivity index (χ2n) is 4.39. The van der Waals surface area contributed by atoms with Crippen LogP contribution in [0.1, 0.15) is 37.6 Å². The third-order valence-electron chi connectivity index (χ3n) is 3.14. The minimum atomic E-state index is -1.04. The molecular formula is C11H16N2O2S. The highest BCUT2D eigenvalue weighted by molar-refractivity contribution is 7.09. The molecule has 1 heterocycles. The molecule has 5 heteroatoms. The Morgan fingerprint density at radius 2 is 2.31 bits per heavy atom. The first kappa shape index (κ1) is 11.5. The van der Waals surface area contributed by atoms with E-state index in [9.17, 15) is 9.90 Å². The molecule has 1 atom stereocenters. The lowest BCUT2D eigenvalue weighted by molar-refractivity contribution is -0.145. The van der Waals surface area contributed by atoms with Gasteiger partial charge in [-0.25, -0.2) is 9.78 Å². The molecule has 2 N–H and O–H groups in total. The van der Waals surface area contributed by atoms with Crippen LogP contribution in [-0.2, 0) is 10.3 Å². The molecule has 1 unspecified atom stereocenters. The molecule has 2 rings (SSSR count). The van der Waals surface area contributed by atoms with Crippen LogP contribution < -0.4 is 5.32 Å². The maximum Gasteiger partial charge on any atom is 0.330 e. The lowest BCUT2D eigenvalue weighted by Crippen LogP contribution is -2.50. The van der Waals surface area contributed by atoms with Crippen LogP contribution in [0.5, 0.6) is 0 Å². The highest BCUT2D eigenvalue weighted by Crippen LogP contribution is 2.27. The van der Waals surface area contributed by atoms with Crippen molar-refractivity contribution in [1.82, 2.24) is 10.3 Å². The van der Waals surface area contributed by atoms with Crippen LogP contribution in [0, 0.1) is 0 Å². The Hall–Kier alpha value is -0.940. The lowest BCUT2D eigenvalue weighted by Gasteiger charge is -2.27. The van der Waals surface area contributed by atoms with Crippen LogP contribution in [0.4, 0.5) is 0 Å². The van der Waals surface area contributed by atoms with Gasteiger partial charge in [-0.1, -0.05) is 12.8 Å². The summed E-state index contributed by atoms with van der Waals surface area (Å²) in [4.78, 5) is 15.5. The molecule has 0 spiro atoms. The third kappa shape index (κ3) is 2.10. The molecule has 0 radical (unpaired) electrons. The Labute approximate surface area is 98.7 Å². The molecule has 1 aliphatic carbocycles. The normalized spacial score (nSPS) is 20.8. The molecule has 0 aromatic carbocycles. The molecule has 88 valence electrons. The van der Waals surface area contributed by atoms with E-state index in [1.54, 1.807) is 13.1 Å². The van der Waals surface area contributed by atoms with Crippen LogP contribution in [0.3, 0.4) is 0 Å². The van der Waals surface area contributed by atoms with Gasteiger partial charge in [0.05, 0.1) is 0 Å². The van der Waals surface area contributed by atoms with Crippen molar-refractivity contribution in [2.24, 2.45) is 0 Å². The van der Waals surface area contributed by atoms with Crippen molar-refractivity contribution in [3.63, 3.8) is 0 Å². The van der Waals surface area contributed by atoms with Gasteiger partial charge in [-0.3, -0.25) is 5.32 Å². The van der Waals surface area contributed by atoms with Gasteiger partial charge in [0.1, 0.15) is 5.01 Å². The summed E-state index contributed by atoms with van der Waals surface area (Å²) >= 11 is 1.39. The summed E-state index contributed by atoms with van der Waals surface area (Å²) in [7, 11) is 0. The zero-order valence-electron chi connectivity index (χ0n) is 9.27. The number of aliphatic carboxylic acids is 1. The van der Waals surface area contributed by atoms with Gasteiger partial charge in [-0.2, -0.15) is 0 Å². The second-order valence-corrected chi connectivity index (χ2v) is 5.29. The Kier molecular flexibility index (Phi) is 3.25. The van der Waals surface area contributed by atoms with Crippen molar-refractivity contribution in [3.05, 3.63) is 16.6 Å². The summed E-state index contributed by atoms with van der Waals surface area (Å²) in [6.45, 7) is 1.70. The maximum absolute atomic E-state index is 11.4. The number of hydrogen-bond donors (Lipinski definition) is 2. The number of nitrogens with zero attached hydrogens (tertiary/aromatic N) is 1. The summed E-state index contributed by atoms with van der Waals surface area (Å²) in [6.07, 6.45) is 6.15. The Balaban J connectivity index is 2.18. The van der Waals surface area contributed by atoms with Crippen molar-refractivity contribution in [1.29, 1.82) is 0 Å². The molecule has 1 aromatic rings. The highest BCUT2D eigenvalue weighted by Gasteiger charge is 2.39. The zero-order chi connectivity index (χ0) is 11.6. The SMILES string of the molecule is CC(NC1CCCC1)(C(=O)O)c1nccs1. The molecule has 16 heavy (non-hydrogen) atoms. The van der Waals surface area contributed by atoms with E-state index in [0.29, 0.717) is 11.0 Å². The zero-order valence-corrected chi connectivity index (χ0v) is 10.1. The van der Waals surface area contributed by atoms with Crippen LogP contribution >= 0.6 is 11.3 Å². The molecule has 1 aliphatic rings. The topological polar surface area (TPSA) is 62.2 Å². The van der Waals surface area contributed by atoms with Gasteiger partial charge in [-0.05, 0) is 19.8 Å². The fourth-order valence-corrected chi connectivity index (χ4v) is 2.92. The van der Waals surface area contributed by atoms with E-state index in [2.05, 4.69) is 10.3 Å². The Bertz CT molecular complexity index is 360. The number of hydrogen-bond acceptors (Lipinski definition) is 4. The van der Waals surface area contributed by atoms with Crippen LogP contribution in [0.15, 0.2) is 11.6 Å². The smallest absolute Gasteiger partial charge is 0.330 e. The van der Waals surface area contributed by atoms with Gasteiger partial charge in [0, 0.05) is 17.6 Å². The van der Waals surface area contributed by atoms with Crippen molar-refractivity contribution in [3.8, 4) is 0 Å². The van der Waals surface area contributed by atoms with Gasteiger partial charge < -0.3 is 5.11 Å². The number of nitrogens with one attached hydrogen (secondary N) is 1. The molecule has 0 bridgehead atoms. The number of carboxylic acid groups (broad SMARTS) is 1. The van der Waals surface area contributed by atoms with E-state index in [-0.39, 0.29) is 0 Å². The van der Waals surface area contributed by atoms with Crippen LogP contribution in [0.25, 0.3) is 0 Å². The van der Waals surface area contributed by atoms with Crippen molar-refractivity contribution in [2.45, 2.75) is 44.2 Å². The first-order valence-electron chi connectivity index (χ1n) is 5.54. The largest absolute Gasteiger partial charge is 0.480 e. The van der Waals surface area contributed by atoms with E-state index < -0.39 is 11.5 Å². The van der Waals surface area contributed by atoms with Crippen LogP contribution in [0.2, 0.25) is 0 Å². The molecule has 0 amide bonds. The van der Waals surface area contributed by atoms with Crippen molar-refractivity contribution >= 4 is 17.3 Å². The van der Waals surface area contributed by atoms with E-state index in [1.807, 2.05) is 5.38 Å².